The summed E-state index contributed by atoms with van der Waals surface area (Å²) in [7, 11) is -4.09. The molecular weight excluding hydrogens is 598 g/mol. The molecule has 0 bridgehead atoms. The van der Waals surface area contributed by atoms with Crippen molar-refractivity contribution in [3.8, 4) is 6.07 Å². The largest absolute Gasteiger partial charge is 0.340 e. The second-order valence-corrected chi connectivity index (χ2v) is 14.5. The van der Waals surface area contributed by atoms with E-state index in [1.807, 2.05) is 57.2 Å². The SMILES string of the molecule is CC(C)CC(NC(=O)c1cc2ccccc2s1)C(=O)N1C[C@H]2N(C(=O)CNS(=O)(=O)c3ccc(C#N)cc3Cl)C[C@]21C. The molecule has 0 spiro atoms. The minimum absolute atomic E-state index is 0.117. The van der Waals surface area contributed by atoms with Gasteiger partial charge in [0.1, 0.15) is 10.9 Å². The van der Waals surface area contributed by atoms with Gasteiger partial charge in [-0.15, -0.1) is 11.3 Å². The highest BCUT2D eigenvalue weighted by Crippen LogP contribution is 2.44. The summed E-state index contributed by atoms with van der Waals surface area (Å²) in [5.41, 5.74) is -0.381. The molecule has 2 aromatic carbocycles. The van der Waals surface area contributed by atoms with Crippen LogP contribution in [0, 0.1) is 17.2 Å². The van der Waals surface area contributed by atoms with E-state index in [9.17, 15) is 22.8 Å². The number of piperazine rings is 1. The second-order valence-electron chi connectivity index (χ2n) is 11.2. The molecule has 0 aliphatic carbocycles. The molecule has 220 valence electrons. The summed E-state index contributed by atoms with van der Waals surface area (Å²) >= 11 is 7.42. The Morgan fingerprint density at radius 2 is 1.93 bits per heavy atom. The number of carbonyl (C=O) groups excluding carboxylic acids is 3. The van der Waals surface area contributed by atoms with Gasteiger partial charge in [0.2, 0.25) is 21.8 Å². The number of hydrogen-bond acceptors (Lipinski definition) is 7. The Morgan fingerprint density at radius 3 is 2.55 bits per heavy atom. The molecule has 3 atom stereocenters. The molecule has 2 N–H and O–H groups in total. The third-order valence-electron chi connectivity index (χ3n) is 7.87. The molecule has 42 heavy (non-hydrogen) atoms. The van der Waals surface area contributed by atoms with Crippen LogP contribution in [0.2, 0.25) is 5.02 Å². The predicted molar refractivity (Wildman–Crippen MR) is 160 cm³/mol. The Morgan fingerprint density at radius 1 is 1.19 bits per heavy atom. The number of hydrogen-bond donors (Lipinski definition) is 2. The van der Waals surface area contributed by atoms with Gasteiger partial charge in [-0.1, -0.05) is 43.6 Å². The van der Waals surface area contributed by atoms with E-state index in [4.69, 9.17) is 16.9 Å². The molecule has 3 aromatic rings. The number of fused-ring (bicyclic) bond motifs is 2. The molecule has 13 heteroatoms. The van der Waals surface area contributed by atoms with Gasteiger partial charge in [0, 0.05) is 17.8 Å². The lowest BCUT2D eigenvalue weighted by molar-refractivity contribution is -0.205. The van der Waals surface area contributed by atoms with Crippen molar-refractivity contribution in [1.82, 2.24) is 19.8 Å². The van der Waals surface area contributed by atoms with Crippen molar-refractivity contribution in [2.24, 2.45) is 5.92 Å². The van der Waals surface area contributed by atoms with Gasteiger partial charge in [-0.3, -0.25) is 14.4 Å². The minimum atomic E-state index is -4.09. The van der Waals surface area contributed by atoms with Crippen LogP contribution in [0.3, 0.4) is 0 Å². The van der Waals surface area contributed by atoms with Crippen LogP contribution in [0.5, 0.6) is 0 Å². The molecule has 2 aliphatic heterocycles. The standard InChI is InChI=1S/C29H30ClN5O5S2/c1-17(2)10-21(33-27(37)23-12-19-6-4-5-7-22(19)41-23)28(38)35-15-25-29(35,3)16-34(25)26(36)14-32-42(39,40)24-9-8-18(13-31)11-20(24)30/h4-9,11-12,17,21,25,32H,10,14-16H2,1-3H3,(H,33,37)/t21?,25-,29-/m1/s1. The molecule has 2 aliphatic rings. The summed E-state index contributed by atoms with van der Waals surface area (Å²) in [6, 6.07) is 14.3. The molecule has 3 amide bonds. The Hall–Kier alpha value is -3.50. The minimum Gasteiger partial charge on any atom is -0.340 e. The van der Waals surface area contributed by atoms with Crippen LogP contribution < -0.4 is 10.0 Å². The summed E-state index contributed by atoms with van der Waals surface area (Å²) in [5, 5.41) is 12.8. The highest BCUT2D eigenvalue weighted by atomic mass is 35.5. The van der Waals surface area contributed by atoms with Gasteiger partial charge < -0.3 is 15.1 Å². The van der Waals surface area contributed by atoms with E-state index in [2.05, 4.69) is 10.0 Å². The zero-order chi connectivity index (χ0) is 30.4. The Balaban J connectivity index is 1.20. The number of sulfonamides is 1. The molecule has 10 nitrogen and oxygen atoms in total. The maximum atomic E-state index is 13.7. The van der Waals surface area contributed by atoms with Crippen LogP contribution in [-0.2, 0) is 19.6 Å². The van der Waals surface area contributed by atoms with Crippen molar-refractivity contribution < 1.29 is 22.8 Å². The summed E-state index contributed by atoms with van der Waals surface area (Å²) in [4.78, 5) is 43.3. The van der Waals surface area contributed by atoms with Crippen molar-refractivity contribution in [3.63, 3.8) is 0 Å². The van der Waals surface area contributed by atoms with Gasteiger partial charge in [0.15, 0.2) is 0 Å². The van der Waals surface area contributed by atoms with Gasteiger partial charge in [-0.2, -0.15) is 5.26 Å². The topological polar surface area (TPSA) is 140 Å². The molecule has 1 unspecified atom stereocenters. The number of amides is 3. The second kappa shape index (κ2) is 11.3. The molecule has 2 saturated heterocycles. The third kappa shape index (κ3) is 5.49. The predicted octanol–water partition coefficient (Wildman–Crippen LogP) is 3.36. The average molecular weight is 628 g/mol. The first-order valence-electron chi connectivity index (χ1n) is 13.4. The molecule has 0 saturated carbocycles. The fourth-order valence-electron chi connectivity index (χ4n) is 5.55. The third-order valence-corrected chi connectivity index (χ3v) is 10.9. The van der Waals surface area contributed by atoms with Crippen LogP contribution >= 0.6 is 22.9 Å². The van der Waals surface area contributed by atoms with E-state index in [1.165, 1.54) is 29.5 Å². The first-order chi connectivity index (χ1) is 19.8. The van der Waals surface area contributed by atoms with Crippen LogP contribution in [-0.4, -0.2) is 73.2 Å². The molecule has 2 fully saturated rings. The Labute approximate surface area is 253 Å². The quantitative estimate of drug-likeness (QED) is 0.373. The van der Waals surface area contributed by atoms with Gasteiger partial charge >= 0.3 is 0 Å². The molecule has 0 radical (unpaired) electrons. The number of carbonyl (C=O) groups is 3. The van der Waals surface area contributed by atoms with Crippen LogP contribution in [0.4, 0.5) is 0 Å². The Bertz CT molecular complexity index is 1700. The van der Waals surface area contributed by atoms with Crippen molar-refractivity contribution in [2.45, 2.75) is 49.7 Å². The van der Waals surface area contributed by atoms with E-state index >= 15 is 0 Å². The maximum Gasteiger partial charge on any atom is 0.262 e. The summed E-state index contributed by atoms with van der Waals surface area (Å²) in [6.07, 6.45) is 0.467. The van der Waals surface area contributed by atoms with Crippen LogP contribution in [0.15, 0.2) is 53.4 Å². The van der Waals surface area contributed by atoms with Gasteiger partial charge in [0.25, 0.3) is 5.91 Å². The average Bonchev–Trinajstić information content (AvgIpc) is 3.38. The van der Waals surface area contributed by atoms with E-state index < -0.39 is 34.1 Å². The lowest BCUT2D eigenvalue weighted by Crippen LogP contribution is -2.88. The number of nitrogens with zero attached hydrogens (tertiary/aromatic N) is 3. The number of benzene rings is 2. The number of rotatable bonds is 9. The van der Waals surface area contributed by atoms with Crippen molar-refractivity contribution in [1.29, 1.82) is 5.26 Å². The highest BCUT2D eigenvalue weighted by Gasteiger charge is 2.64. The zero-order valence-electron chi connectivity index (χ0n) is 23.3. The van der Waals surface area contributed by atoms with Gasteiger partial charge in [-0.25, -0.2) is 13.1 Å². The number of halogens is 1. The first-order valence-corrected chi connectivity index (χ1v) is 16.1. The van der Waals surface area contributed by atoms with E-state index in [1.54, 1.807) is 9.80 Å². The zero-order valence-corrected chi connectivity index (χ0v) is 25.6. The lowest BCUT2D eigenvalue weighted by atomic mass is 9.71. The molecule has 5 rings (SSSR count). The summed E-state index contributed by atoms with van der Waals surface area (Å²) < 4.78 is 28.7. The number of nitriles is 1. The van der Waals surface area contributed by atoms with E-state index in [0.29, 0.717) is 17.8 Å². The summed E-state index contributed by atoms with van der Waals surface area (Å²) in [6.45, 7) is 5.94. The highest BCUT2D eigenvalue weighted by molar-refractivity contribution is 7.89. The smallest absolute Gasteiger partial charge is 0.262 e. The van der Waals surface area contributed by atoms with Gasteiger partial charge in [-0.05, 0) is 55.0 Å². The molecule has 3 heterocycles. The van der Waals surface area contributed by atoms with E-state index in [0.717, 1.165) is 10.1 Å². The van der Waals surface area contributed by atoms with Crippen molar-refractivity contribution in [2.75, 3.05) is 19.6 Å². The number of thiophene rings is 1. The fourth-order valence-corrected chi connectivity index (χ4v) is 8.03. The van der Waals surface area contributed by atoms with Crippen molar-refractivity contribution in [3.05, 3.63) is 64.0 Å². The van der Waals surface area contributed by atoms with E-state index in [-0.39, 0.29) is 45.8 Å². The van der Waals surface area contributed by atoms with Crippen molar-refractivity contribution >= 4 is 60.8 Å². The monoisotopic (exact) mass is 627 g/mol. The summed E-state index contributed by atoms with van der Waals surface area (Å²) in [5.74, 6) is -0.754. The molecule has 1 aromatic heterocycles. The molecular formula is C29H30ClN5O5S2. The number of nitrogens with one attached hydrogen (secondary N) is 2. The normalized spacial score (nSPS) is 20.3. The van der Waals surface area contributed by atoms with Crippen LogP contribution in [0.1, 0.15) is 42.4 Å². The fraction of sp³-hybridized carbons (Fsp3) is 0.379. The Kier molecular flexibility index (Phi) is 8.06. The lowest BCUT2D eigenvalue weighted by Gasteiger charge is -2.69. The van der Waals surface area contributed by atoms with Gasteiger partial charge in [0.05, 0.1) is 39.7 Å². The number of likely N-dealkylation sites (tertiary alicyclic amines) is 2. The van der Waals surface area contributed by atoms with Crippen LogP contribution in [0.25, 0.3) is 10.1 Å². The first kappa shape index (κ1) is 30.0. The maximum absolute atomic E-state index is 13.7.